The molecule has 1 aliphatic rings. The number of hydrogen-bond donors (Lipinski definition) is 0. The van der Waals surface area contributed by atoms with E-state index >= 15 is 0 Å². The first-order valence-corrected chi connectivity index (χ1v) is 6.57. The Bertz CT molecular complexity index is 209. The molecule has 88 valence electrons. The van der Waals surface area contributed by atoms with Crippen LogP contribution in [0, 0.1) is 0 Å². The summed E-state index contributed by atoms with van der Waals surface area (Å²) in [5, 5.41) is 0. The van der Waals surface area contributed by atoms with Crippen molar-refractivity contribution in [2.24, 2.45) is 0 Å². The molecule has 15 heavy (non-hydrogen) atoms. The number of hydrogen-bond acceptors (Lipinski definition) is 2. The second-order valence-corrected chi connectivity index (χ2v) is 5.31. The van der Waals surface area contributed by atoms with Gasteiger partial charge in [-0.3, -0.25) is 4.79 Å². The lowest BCUT2D eigenvalue weighted by Gasteiger charge is -2.15. The molecule has 3 nitrogen and oxygen atoms in total. The minimum absolute atomic E-state index is 0.0596. The molecule has 1 fully saturated rings. The maximum atomic E-state index is 11.5. The molecule has 0 N–H and O–H groups in total. The molecule has 0 aliphatic carbocycles. The third-order valence-electron chi connectivity index (χ3n) is 2.51. The number of nitrogens with zero attached hydrogens (tertiary/aromatic N) is 1. The number of ether oxygens (including phenoxy) is 1. The van der Waals surface area contributed by atoms with Crippen molar-refractivity contribution in [3.8, 4) is 0 Å². The van der Waals surface area contributed by atoms with Crippen LogP contribution in [0.25, 0.3) is 0 Å². The van der Waals surface area contributed by atoms with Gasteiger partial charge in [0.1, 0.15) is 0 Å². The summed E-state index contributed by atoms with van der Waals surface area (Å²) < 4.78 is 5.44. The molecule has 1 amide bonds. The molecular formula is C11H20BrNO2. The normalized spacial score (nSPS) is 21.7. The highest BCUT2D eigenvalue weighted by Gasteiger charge is 2.28. The van der Waals surface area contributed by atoms with Gasteiger partial charge in [-0.2, -0.15) is 0 Å². The van der Waals surface area contributed by atoms with E-state index in [0.29, 0.717) is 6.10 Å². The van der Waals surface area contributed by atoms with Crippen molar-refractivity contribution in [3.05, 3.63) is 0 Å². The Kier molecular flexibility index (Phi) is 5.61. The zero-order chi connectivity index (χ0) is 11.3. The van der Waals surface area contributed by atoms with Gasteiger partial charge in [-0.1, -0.05) is 15.9 Å². The fourth-order valence-corrected chi connectivity index (χ4v) is 2.14. The number of halogens is 1. The number of likely N-dealkylation sites (tertiary alicyclic amines) is 1. The molecule has 1 unspecified atom stereocenters. The molecule has 0 spiro atoms. The van der Waals surface area contributed by atoms with Crippen LogP contribution in [0.2, 0.25) is 0 Å². The first kappa shape index (κ1) is 13.0. The second-order valence-electron chi connectivity index (χ2n) is 4.21. The number of alkyl halides is 1. The maximum Gasteiger partial charge on any atom is 0.236 e. The summed E-state index contributed by atoms with van der Waals surface area (Å²) in [5.41, 5.74) is 0. The number of rotatable bonds is 6. The zero-order valence-corrected chi connectivity index (χ0v) is 11.1. The summed E-state index contributed by atoms with van der Waals surface area (Å²) in [6, 6.07) is 0. The fourth-order valence-electron chi connectivity index (χ4n) is 1.65. The molecule has 0 aromatic rings. The summed E-state index contributed by atoms with van der Waals surface area (Å²) in [6.45, 7) is 6.67. The quantitative estimate of drug-likeness (QED) is 0.550. The van der Waals surface area contributed by atoms with Crippen LogP contribution >= 0.6 is 15.9 Å². The second kappa shape index (κ2) is 6.48. The standard InChI is InChI=1S/C11H20BrNO2/c1-9(2)15-8-4-3-6-13-7-5-10(12)11(13)14/h9-10H,3-8H2,1-2H3. The van der Waals surface area contributed by atoms with Gasteiger partial charge in [0, 0.05) is 19.7 Å². The lowest BCUT2D eigenvalue weighted by atomic mass is 10.3. The SMILES string of the molecule is CC(C)OCCCCN1CCC(Br)C1=O. The predicted molar refractivity (Wildman–Crippen MR) is 64.2 cm³/mol. The highest BCUT2D eigenvalue weighted by Crippen LogP contribution is 2.18. The number of carbonyl (C=O) groups excluding carboxylic acids is 1. The average molecular weight is 278 g/mol. The highest BCUT2D eigenvalue weighted by atomic mass is 79.9. The molecule has 0 saturated carbocycles. The molecule has 0 bridgehead atoms. The summed E-state index contributed by atoms with van der Waals surface area (Å²) in [6.07, 6.45) is 3.33. The van der Waals surface area contributed by atoms with Crippen LogP contribution in [0.15, 0.2) is 0 Å². The van der Waals surface area contributed by atoms with E-state index in [0.717, 1.165) is 39.0 Å². The van der Waals surface area contributed by atoms with E-state index in [-0.39, 0.29) is 10.7 Å². The molecule has 0 aromatic heterocycles. The predicted octanol–water partition coefficient (Wildman–Crippen LogP) is 2.19. The first-order valence-electron chi connectivity index (χ1n) is 5.65. The number of amides is 1. The van der Waals surface area contributed by atoms with Crippen LogP contribution in [0.3, 0.4) is 0 Å². The Balaban J connectivity index is 2.03. The van der Waals surface area contributed by atoms with Gasteiger partial charge >= 0.3 is 0 Å². The lowest BCUT2D eigenvalue weighted by molar-refractivity contribution is -0.127. The molecule has 4 heteroatoms. The van der Waals surface area contributed by atoms with E-state index in [1.807, 2.05) is 18.7 Å². The first-order chi connectivity index (χ1) is 7.11. The van der Waals surface area contributed by atoms with Crippen molar-refractivity contribution >= 4 is 21.8 Å². The third-order valence-corrected chi connectivity index (χ3v) is 3.36. The van der Waals surface area contributed by atoms with Gasteiger partial charge in [-0.25, -0.2) is 0 Å². The molecule has 1 atom stereocenters. The Labute approximate surface area is 100 Å². The number of unbranched alkanes of at least 4 members (excludes halogenated alkanes) is 1. The van der Waals surface area contributed by atoms with Gasteiger partial charge in [-0.15, -0.1) is 0 Å². The van der Waals surface area contributed by atoms with E-state index in [9.17, 15) is 4.79 Å². The Hall–Kier alpha value is -0.0900. The van der Waals surface area contributed by atoms with Crippen molar-refractivity contribution < 1.29 is 9.53 Å². The third kappa shape index (κ3) is 4.51. The topological polar surface area (TPSA) is 29.5 Å². The number of carbonyl (C=O) groups is 1. The Morgan fingerprint density at radius 1 is 1.53 bits per heavy atom. The van der Waals surface area contributed by atoms with Crippen molar-refractivity contribution in [1.29, 1.82) is 0 Å². The monoisotopic (exact) mass is 277 g/mol. The van der Waals surface area contributed by atoms with E-state index in [2.05, 4.69) is 15.9 Å². The lowest BCUT2D eigenvalue weighted by Crippen LogP contribution is -2.28. The average Bonchev–Trinajstić information content (AvgIpc) is 2.48. The molecule has 0 aromatic carbocycles. The van der Waals surface area contributed by atoms with E-state index in [4.69, 9.17) is 4.74 Å². The molecule has 0 radical (unpaired) electrons. The summed E-state index contributed by atoms with van der Waals surface area (Å²) in [7, 11) is 0. The largest absolute Gasteiger partial charge is 0.379 e. The van der Waals surface area contributed by atoms with E-state index in [1.165, 1.54) is 0 Å². The summed E-state index contributed by atoms with van der Waals surface area (Å²) in [5.74, 6) is 0.250. The van der Waals surface area contributed by atoms with Crippen molar-refractivity contribution in [3.63, 3.8) is 0 Å². The maximum absolute atomic E-state index is 11.5. The van der Waals surface area contributed by atoms with Crippen LogP contribution < -0.4 is 0 Å². The fraction of sp³-hybridized carbons (Fsp3) is 0.909. The van der Waals surface area contributed by atoms with Gasteiger partial charge in [-0.05, 0) is 33.1 Å². The van der Waals surface area contributed by atoms with Crippen LogP contribution in [0.5, 0.6) is 0 Å². The minimum Gasteiger partial charge on any atom is -0.379 e. The molecular weight excluding hydrogens is 258 g/mol. The molecule has 1 heterocycles. The van der Waals surface area contributed by atoms with Gasteiger partial charge in [0.2, 0.25) is 5.91 Å². The van der Waals surface area contributed by atoms with Crippen molar-refractivity contribution in [2.45, 2.75) is 44.0 Å². The van der Waals surface area contributed by atoms with Crippen LogP contribution in [-0.4, -0.2) is 41.4 Å². The smallest absolute Gasteiger partial charge is 0.236 e. The van der Waals surface area contributed by atoms with Gasteiger partial charge < -0.3 is 9.64 Å². The summed E-state index contributed by atoms with van der Waals surface area (Å²) in [4.78, 5) is 13.5. The summed E-state index contributed by atoms with van der Waals surface area (Å²) >= 11 is 3.37. The van der Waals surface area contributed by atoms with E-state index in [1.54, 1.807) is 0 Å². The molecule has 1 aliphatic heterocycles. The van der Waals surface area contributed by atoms with Crippen molar-refractivity contribution in [1.82, 2.24) is 4.90 Å². The minimum atomic E-state index is 0.0596. The van der Waals surface area contributed by atoms with E-state index < -0.39 is 0 Å². The molecule has 1 saturated heterocycles. The van der Waals surface area contributed by atoms with Gasteiger partial charge in [0.05, 0.1) is 10.9 Å². The zero-order valence-electron chi connectivity index (χ0n) is 9.54. The van der Waals surface area contributed by atoms with Gasteiger partial charge in [0.25, 0.3) is 0 Å². The van der Waals surface area contributed by atoms with Crippen LogP contribution in [0.4, 0.5) is 0 Å². The highest BCUT2D eigenvalue weighted by molar-refractivity contribution is 9.10. The Morgan fingerprint density at radius 3 is 2.80 bits per heavy atom. The van der Waals surface area contributed by atoms with Gasteiger partial charge in [0.15, 0.2) is 0 Å². The van der Waals surface area contributed by atoms with Crippen LogP contribution in [-0.2, 0) is 9.53 Å². The van der Waals surface area contributed by atoms with Crippen molar-refractivity contribution in [2.75, 3.05) is 19.7 Å². The molecule has 1 rings (SSSR count). The van der Waals surface area contributed by atoms with Crippen LogP contribution in [0.1, 0.15) is 33.1 Å². The Morgan fingerprint density at radius 2 is 2.27 bits per heavy atom.